The highest BCUT2D eigenvalue weighted by molar-refractivity contribution is 14.1. The fraction of sp³-hybridized carbons (Fsp3) is 0.154. The van der Waals surface area contributed by atoms with Crippen LogP contribution in [0.1, 0.15) is 10.4 Å². The van der Waals surface area contributed by atoms with Crippen molar-refractivity contribution >= 4 is 40.1 Å². The number of rotatable bonds is 4. The van der Waals surface area contributed by atoms with Crippen molar-refractivity contribution in [3.8, 4) is 0 Å². The Morgan fingerprint density at radius 1 is 1.30 bits per heavy atom. The van der Waals surface area contributed by atoms with Crippen molar-refractivity contribution in [1.82, 2.24) is 15.1 Å². The molecule has 1 aromatic heterocycles. The van der Waals surface area contributed by atoms with Crippen LogP contribution >= 0.6 is 22.6 Å². The van der Waals surface area contributed by atoms with E-state index in [1.165, 1.54) is 10.9 Å². The van der Waals surface area contributed by atoms with E-state index in [9.17, 15) is 9.59 Å². The molecule has 7 heteroatoms. The number of hydrogen-bond donors (Lipinski definition) is 2. The molecule has 0 aliphatic carbocycles. The van der Waals surface area contributed by atoms with Crippen molar-refractivity contribution in [3.05, 3.63) is 45.8 Å². The first-order valence-corrected chi connectivity index (χ1v) is 6.96. The summed E-state index contributed by atoms with van der Waals surface area (Å²) in [6, 6.07) is 7.24. The molecule has 2 N–H and O–H groups in total. The molecule has 0 aliphatic rings. The Kier molecular flexibility index (Phi) is 4.72. The largest absolute Gasteiger partial charge is 0.358 e. The number of nitrogens with zero attached hydrogens (tertiary/aromatic N) is 2. The van der Waals surface area contributed by atoms with Gasteiger partial charge in [0.05, 0.1) is 11.9 Å². The zero-order valence-electron chi connectivity index (χ0n) is 10.8. The van der Waals surface area contributed by atoms with Gasteiger partial charge in [-0.3, -0.25) is 14.3 Å². The molecular formula is C13H13IN4O2. The lowest BCUT2D eigenvalue weighted by Crippen LogP contribution is -2.23. The predicted molar refractivity (Wildman–Crippen MR) is 83.4 cm³/mol. The van der Waals surface area contributed by atoms with Crippen molar-refractivity contribution in [1.29, 1.82) is 0 Å². The van der Waals surface area contributed by atoms with Gasteiger partial charge in [-0.2, -0.15) is 5.10 Å². The second-order valence-electron chi connectivity index (χ2n) is 4.06. The molecule has 0 bridgehead atoms. The van der Waals surface area contributed by atoms with E-state index in [4.69, 9.17) is 0 Å². The molecule has 0 unspecified atom stereocenters. The average Bonchev–Trinajstić information content (AvgIpc) is 2.86. The van der Waals surface area contributed by atoms with Crippen LogP contribution in [0.15, 0.2) is 36.7 Å². The van der Waals surface area contributed by atoms with Crippen LogP contribution in [0.25, 0.3) is 0 Å². The number of anilines is 1. The van der Waals surface area contributed by atoms with Crippen molar-refractivity contribution in [2.45, 2.75) is 6.54 Å². The topological polar surface area (TPSA) is 76.0 Å². The lowest BCUT2D eigenvalue weighted by molar-refractivity contribution is -0.121. The van der Waals surface area contributed by atoms with Crippen LogP contribution in [0, 0.1) is 3.57 Å². The van der Waals surface area contributed by atoms with Gasteiger partial charge < -0.3 is 10.6 Å². The van der Waals surface area contributed by atoms with Gasteiger partial charge in [-0.05, 0) is 46.9 Å². The van der Waals surface area contributed by atoms with E-state index >= 15 is 0 Å². The van der Waals surface area contributed by atoms with Crippen LogP contribution in [-0.2, 0) is 11.3 Å². The Morgan fingerprint density at radius 2 is 2.00 bits per heavy atom. The normalized spacial score (nSPS) is 10.1. The highest BCUT2D eigenvalue weighted by Gasteiger charge is 2.08. The Balaban J connectivity index is 2.01. The van der Waals surface area contributed by atoms with Crippen LogP contribution in [0.4, 0.5) is 5.69 Å². The Bertz CT molecular complexity index is 622. The van der Waals surface area contributed by atoms with Crippen molar-refractivity contribution < 1.29 is 9.59 Å². The van der Waals surface area contributed by atoms with E-state index in [0.29, 0.717) is 11.3 Å². The summed E-state index contributed by atoms with van der Waals surface area (Å²) in [4.78, 5) is 23.2. The first-order chi connectivity index (χ1) is 9.58. The lowest BCUT2D eigenvalue weighted by Gasteiger charge is -2.02. The minimum Gasteiger partial charge on any atom is -0.358 e. The van der Waals surface area contributed by atoms with Crippen LogP contribution in [0.3, 0.4) is 0 Å². The number of hydrogen-bond acceptors (Lipinski definition) is 3. The average molecular weight is 384 g/mol. The summed E-state index contributed by atoms with van der Waals surface area (Å²) >= 11 is 2.18. The van der Waals surface area contributed by atoms with Gasteiger partial charge in [-0.1, -0.05) is 0 Å². The third-order valence-electron chi connectivity index (χ3n) is 2.58. The molecule has 0 saturated heterocycles. The van der Waals surface area contributed by atoms with Crippen LogP contribution < -0.4 is 10.6 Å². The van der Waals surface area contributed by atoms with Crippen molar-refractivity contribution in [2.24, 2.45) is 0 Å². The molecule has 20 heavy (non-hydrogen) atoms. The summed E-state index contributed by atoms with van der Waals surface area (Å²) in [6.45, 7) is 0.121. The maximum absolute atomic E-state index is 12.0. The van der Waals surface area contributed by atoms with Crippen LogP contribution in [-0.4, -0.2) is 28.6 Å². The van der Waals surface area contributed by atoms with E-state index in [2.05, 4.69) is 38.3 Å². The minimum atomic E-state index is -0.208. The second-order valence-corrected chi connectivity index (χ2v) is 5.31. The quantitative estimate of drug-likeness (QED) is 0.785. The number of halogens is 1. The molecule has 2 aromatic rings. The molecular weight excluding hydrogens is 371 g/mol. The fourth-order valence-corrected chi connectivity index (χ4v) is 1.90. The number of likely N-dealkylation sites (N-methyl/N-ethyl adjacent to an activating group) is 1. The Morgan fingerprint density at radius 3 is 2.65 bits per heavy atom. The van der Waals surface area contributed by atoms with Gasteiger partial charge in [0, 0.05) is 22.4 Å². The molecule has 0 atom stereocenters. The lowest BCUT2D eigenvalue weighted by atomic mass is 10.2. The summed E-state index contributed by atoms with van der Waals surface area (Å²) in [5.41, 5.74) is 1.13. The van der Waals surface area contributed by atoms with Gasteiger partial charge in [0.1, 0.15) is 6.54 Å². The molecule has 0 fully saturated rings. The van der Waals surface area contributed by atoms with Gasteiger partial charge in [0.15, 0.2) is 0 Å². The fourth-order valence-electron chi connectivity index (χ4n) is 1.55. The molecule has 1 heterocycles. The van der Waals surface area contributed by atoms with E-state index in [1.54, 1.807) is 25.4 Å². The molecule has 2 rings (SSSR count). The maximum atomic E-state index is 12.0. The first kappa shape index (κ1) is 14.5. The highest BCUT2D eigenvalue weighted by atomic mass is 127. The zero-order valence-corrected chi connectivity index (χ0v) is 12.9. The van der Waals surface area contributed by atoms with E-state index < -0.39 is 0 Å². The van der Waals surface area contributed by atoms with Gasteiger partial charge in [0.2, 0.25) is 5.91 Å². The van der Waals surface area contributed by atoms with Gasteiger partial charge >= 0.3 is 0 Å². The number of amides is 2. The number of aromatic nitrogens is 2. The number of nitrogens with one attached hydrogen (secondary N) is 2. The molecule has 1 aromatic carbocycles. The number of benzene rings is 1. The molecule has 0 radical (unpaired) electrons. The summed E-state index contributed by atoms with van der Waals surface area (Å²) in [5.74, 6) is -0.357. The summed E-state index contributed by atoms with van der Waals surface area (Å²) in [5, 5.41) is 9.24. The van der Waals surface area contributed by atoms with Crippen molar-refractivity contribution in [3.63, 3.8) is 0 Å². The van der Waals surface area contributed by atoms with Crippen LogP contribution in [0.2, 0.25) is 0 Å². The number of carbonyl (C=O) groups is 2. The first-order valence-electron chi connectivity index (χ1n) is 5.88. The third-order valence-corrected chi connectivity index (χ3v) is 3.30. The van der Waals surface area contributed by atoms with E-state index in [0.717, 1.165) is 3.57 Å². The Labute approximate surface area is 129 Å². The highest BCUT2D eigenvalue weighted by Crippen LogP contribution is 2.10. The molecule has 104 valence electrons. The number of carbonyl (C=O) groups excluding carboxylic acids is 2. The molecule has 0 spiro atoms. The molecule has 0 saturated carbocycles. The minimum absolute atomic E-state index is 0.121. The smallest absolute Gasteiger partial charge is 0.255 e. The van der Waals surface area contributed by atoms with Gasteiger partial charge in [0.25, 0.3) is 5.91 Å². The maximum Gasteiger partial charge on any atom is 0.255 e. The summed E-state index contributed by atoms with van der Waals surface area (Å²) in [7, 11) is 1.56. The standard InChI is InChI=1S/C13H13IN4O2/c1-15-12(19)8-18-7-11(6-16-18)17-13(20)9-2-4-10(14)5-3-9/h2-7H,8H2,1H3,(H,15,19)(H,17,20). The van der Waals surface area contributed by atoms with Crippen LogP contribution in [0.5, 0.6) is 0 Å². The van der Waals surface area contributed by atoms with Gasteiger partial charge in [-0.15, -0.1) is 0 Å². The summed E-state index contributed by atoms with van der Waals surface area (Å²) in [6.07, 6.45) is 3.12. The van der Waals surface area contributed by atoms with Gasteiger partial charge in [-0.25, -0.2) is 0 Å². The molecule has 0 aliphatic heterocycles. The molecule has 2 amide bonds. The second kappa shape index (κ2) is 6.51. The van der Waals surface area contributed by atoms with E-state index in [1.807, 2.05) is 12.1 Å². The summed E-state index contributed by atoms with van der Waals surface area (Å²) < 4.78 is 2.53. The molecule has 6 nitrogen and oxygen atoms in total. The zero-order chi connectivity index (χ0) is 14.5. The van der Waals surface area contributed by atoms with E-state index in [-0.39, 0.29) is 18.4 Å². The third kappa shape index (κ3) is 3.80. The SMILES string of the molecule is CNC(=O)Cn1cc(NC(=O)c2ccc(I)cc2)cn1. The monoisotopic (exact) mass is 384 g/mol. The van der Waals surface area contributed by atoms with Crippen molar-refractivity contribution in [2.75, 3.05) is 12.4 Å². The predicted octanol–water partition coefficient (Wildman–Crippen LogP) is 1.49. The Hall–Kier alpha value is -1.90.